The van der Waals surface area contributed by atoms with Crippen molar-refractivity contribution >= 4 is 8.72 Å². The third-order valence-electron chi connectivity index (χ3n) is 4.09. The molecule has 0 radical (unpaired) electrons. The predicted octanol–water partition coefficient (Wildman–Crippen LogP) is 4.50. The van der Waals surface area contributed by atoms with Crippen molar-refractivity contribution in [1.82, 2.24) is 4.98 Å². The molecule has 4 heteroatoms. The Hall–Kier alpha value is 0.0969. The van der Waals surface area contributed by atoms with Crippen molar-refractivity contribution in [3.63, 3.8) is 0 Å². The summed E-state index contributed by atoms with van der Waals surface area (Å²) in [5, 5.41) is 0. The van der Waals surface area contributed by atoms with E-state index in [9.17, 15) is 0 Å². The first-order valence-corrected chi connectivity index (χ1v) is 10.7. The number of unbranched alkanes of at least 4 members (excludes halogenated alkanes) is 1. The van der Waals surface area contributed by atoms with Crippen molar-refractivity contribution in [2.24, 2.45) is 0 Å². The molecule has 0 aromatic rings. The molecule has 0 saturated heterocycles. The molecular weight excluding hydrogens is 266 g/mol. The van der Waals surface area contributed by atoms with Gasteiger partial charge in [0.1, 0.15) is 0 Å². The van der Waals surface area contributed by atoms with Crippen LogP contribution in [0.25, 0.3) is 0 Å². The number of hydrogen-bond donors (Lipinski definition) is 1. The highest BCUT2D eigenvalue weighted by atomic mass is 28.4. The molecule has 1 rings (SSSR count). The van der Waals surface area contributed by atoms with Crippen molar-refractivity contribution in [2.45, 2.75) is 84.1 Å². The van der Waals surface area contributed by atoms with Gasteiger partial charge in [-0.2, -0.15) is 0 Å². The zero-order valence-electron chi connectivity index (χ0n) is 13.9. The van der Waals surface area contributed by atoms with Crippen LogP contribution in [0.15, 0.2) is 0 Å². The molecular formula is C16H35NO2Si. The van der Waals surface area contributed by atoms with Crippen molar-refractivity contribution in [2.75, 3.05) is 19.8 Å². The molecule has 0 aliphatic heterocycles. The number of nitrogens with one attached hydrogen (secondary N) is 1. The van der Waals surface area contributed by atoms with Crippen molar-refractivity contribution < 1.29 is 8.85 Å². The van der Waals surface area contributed by atoms with E-state index in [0.29, 0.717) is 5.54 Å². The largest absolute Gasteiger partial charge is 0.428 e. The molecule has 0 heterocycles. The minimum absolute atomic E-state index is 0.645. The van der Waals surface area contributed by atoms with Crippen molar-refractivity contribution in [1.29, 1.82) is 0 Å². The third kappa shape index (κ3) is 5.84. The first kappa shape index (κ1) is 18.1. The molecule has 1 N–H and O–H groups in total. The Kier molecular flexibility index (Phi) is 9.77. The molecule has 1 saturated carbocycles. The van der Waals surface area contributed by atoms with Crippen LogP contribution in [-0.2, 0) is 8.85 Å². The maximum Gasteiger partial charge on any atom is 0.428 e. The van der Waals surface area contributed by atoms with Gasteiger partial charge in [-0.05, 0) is 38.6 Å². The summed E-state index contributed by atoms with van der Waals surface area (Å²) in [7, 11) is -2.22. The Morgan fingerprint density at radius 3 is 2.00 bits per heavy atom. The van der Waals surface area contributed by atoms with Crippen LogP contribution in [0.3, 0.4) is 0 Å². The van der Waals surface area contributed by atoms with Gasteiger partial charge in [0.2, 0.25) is 0 Å². The SMILES string of the molecule is CCCCN[Si](OCCC)(OCCC)C1CCCCC1. The van der Waals surface area contributed by atoms with E-state index >= 15 is 0 Å². The number of hydrogen-bond acceptors (Lipinski definition) is 3. The van der Waals surface area contributed by atoms with Gasteiger partial charge < -0.3 is 8.85 Å². The first-order valence-electron chi connectivity index (χ1n) is 8.82. The summed E-state index contributed by atoms with van der Waals surface area (Å²) in [4.78, 5) is 3.77. The molecule has 0 spiro atoms. The Bertz CT molecular complexity index is 225. The fraction of sp³-hybridized carbons (Fsp3) is 1.00. The van der Waals surface area contributed by atoms with E-state index in [1.807, 2.05) is 0 Å². The summed E-state index contributed by atoms with van der Waals surface area (Å²) in [5.74, 6) is 0. The second kappa shape index (κ2) is 10.8. The topological polar surface area (TPSA) is 30.5 Å². The zero-order chi connectivity index (χ0) is 14.7. The van der Waals surface area contributed by atoms with Crippen LogP contribution in [-0.4, -0.2) is 28.5 Å². The molecule has 0 aromatic heterocycles. The predicted molar refractivity (Wildman–Crippen MR) is 88.0 cm³/mol. The lowest BCUT2D eigenvalue weighted by molar-refractivity contribution is 0.139. The lowest BCUT2D eigenvalue weighted by Crippen LogP contribution is -2.60. The molecule has 0 bridgehead atoms. The molecule has 0 unspecified atom stereocenters. The normalized spacial score (nSPS) is 17.6. The quantitative estimate of drug-likeness (QED) is 0.450. The van der Waals surface area contributed by atoms with Gasteiger partial charge in [0.05, 0.1) is 0 Å². The fourth-order valence-corrected chi connectivity index (χ4v) is 6.71. The Labute approximate surface area is 127 Å². The number of rotatable bonds is 11. The summed E-state index contributed by atoms with van der Waals surface area (Å²) in [5.41, 5.74) is 0.645. The maximum atomic E-state index is 6.37. The summed E-state index contributed by atoms with van der Waals surface area (Å²) in [6.45, 7) is 9.34. The Morgan fingerprint density at radius 1 is 0.900 bits per heavy atom. The molecule has 1 aliphatic carbocycles. The summed E-state index contributed by atoms with van der Waals surface area (Å²) < 4.78 is 12.7. The second-order valence-electron chi connectivity index (χ2n) is 5.98. The van der Waals surface area contributed by atoms with Gasteiger partial charge in [-0.3, -0.25) is 4.98 Å². The average molecular weight is 302 g/mol. The zero-order valence-corrected chi connectivity index (χ0v) is 14.9. The highest BCUT2D eigenvalue weighted by molar-refractivity contribution is 6.66. The lowest BCUT2D eigenvalue weighted by atomic mass is 10.0. The van der Waals surface area contributed by atoms with E-state index in [2.05, 4.69) is 25.8 Å². The van der Waals surface area contributed by atoms with Crippen LogP contribution in [0.2, 0.25) is 5.54 Å². The van der Waals surface area contributed by atoms with E-state index in [1.54, 1.807) is 0 Å². The standard InChI is InChI=1S/C16H35NO2Si/c1-4-7-13-17-20(18-14-5-2,19-15-6-3)16-11-9-8-10-12-16/h16-17H,4-15H2,1-3H3. The minimum Gasteiger partial charge on any atom is -0.383 e. The van der Waals surface area contributed by atoms with E-state index in [0.717, 1.165) is 32.6 Å². The smallest absolute Gasteiger partial charge is 0.383 e. The van der Waals surface area contributed by atoms with Gasteiger partial charge in [-0.1, -0.05) is 46.5 Å². The highest BCUT2D eigenvalue weighted by Gasteiger charge is 2.46. The monoisotopic (exact) mass is 301 g/mol. The minimum atomic E-state index is -2.22. The van der Waals surface area contributed by atoms with E-state index < -0.39 is 8.72 Å². The third-order valence-corrected chi connectivity index (χ3v) is 7.75. The molecule has 120 valence electrons. The van der Waals surface area contributed by atoms with Gasteiger partial charge in [0.15, 0.2) is 0 Å². The Morgan fingerprint density at radius 2 is 1.50 bits per heavy atom. The van der Waals surface area contributed by atoms with Crippen LogP contribution in [0, 0.1) is 0 Å². The van der Waals surface area contributed by atoms with Crippen LogP contribution >= 0.6 is 0 Å². The van der Waals surface area contributed by atoms with Gasteiger partial charge in [-0.15, -0.1) is 0 Å². The Balaban J connectivity index is 2.71. The molecule has 20 heavy (non-hydrogen) atoms. The lowest BCUT2D eigenvalue weighted by Gasteiger charge is -2.39. The molecule has 3 nitrogen and oxygen atoms in total. The van der Waals surface area contributed by atoms with Gasteiger partial charge in [0.25, 0.3) is 0 Å². The molecule has 0 amide bonds. The van der Waals surface area contributed by atoms with E-state index in [-0.39, 0.29) is 0 Å². The van der Waals surface area contributed by atoms with E-state index in [1.165, 1.54) is 44.9 Å². The van der Waals surface area contributed by atoms with Crippen LogP contribution in [0.1, 0.15) is 78.6 Å². The van der Waals surface area contributed by atoms with Gasteiger partial charge in [0, 0.05) is 18.8 Å². The average Bonchev–Trinajstić information content (AvgIpc) is 2.51. The molecule has 1 aliphatic rings. The summed E-state index contributed by atoms with van der Waals surface area (Å²) in [6, 6.07) is 0. The van der Waals surface area contributed by atoms with Crippen molar-refractivity contribution in [3.8, 4) is 0 Å². The van der Waals surface area contributed by atoms with Gasteiger partial charge in [-0.25, -0.2) is 0 Å². The molecule has 0 aromatic carbocycles. The van der Waals surface area contributed by atoms with E-state index in [4.69, 9.17) is 8.85 Å². The fourth-order valence-electron chi connectivity index (χ4n) is 2.95. The van der Waals surface area contributed by atoms with Crippen LogP contribution < -0.4 is 4.98 Å². The summed E-state index contributed by atoms with van der Waals surface area (Å²) in [6.07, 6.45) is 11.3. The highest BCUT2D eigenvalue weighted by Crippen LogP contribution is 2.37. The van der Waals surface area contributed by atoms with Crippen LogP contribution in [0.4, 0.5) is 0 Å². The second-order valence-corrected chi connectivity index (χ2v) is 9.06. The molecule has 1 fully saturated rings. The van der Waals surface area contributed by atoms with Crippen molar-refractivity contribution in [3.05, 3.63) is 0 Å². The van der Waals surface area contributed by atoms with Crippen LogP contribution in [0.5, 0.6) is 0 Å². The molecule has 0 atom stereocenters. The first-order chi connectivity index (χ1) is 9.79. The maximum absolute atomic E-state index is 6.37. The van der Waals surface area contributed by atoms with Gasteiger partial charge >= 0.3 is 8.72 Å². The summed E-state index contributed by atoms with van der Waals surface area (Å²) >= 11 is 0.